The number of aryl methyl sites for hydroxylation is 1. The van der Waals surface area contributed by atoms with E-state index in [1.807, 2.05) is 11.4 Å². The fraction of sp³-hybridized carbons (Fsp3) is 0.400. The topological polar surface area (TPSA) is 66.0 Å². The van der Waals surface area contributed by atoms with Gasteiger partial charge in [-0.25, -0.2) is 0 Å². The second-order valence-corrected chi connectivity index (χ2v) is 7.47. The standard InChI is InChI=1S/C20H27N3O2S/c1-4-6-15-8-10-16(11-9-15)20(17-7-5-12-26-17)22-13-18(24)21-14-19(25)23(2)3/h5,7-12,20,22H,4,6,13-14H2,1-3H3,(H,21,24)/p+1/t20-/m0/s1. The maximum absolute atomic E-state index is 12.1. The number of nitrogens with zero attached hydrogens (tertiary/aromatic N) is 1. The molecule has 0 aliphatic rings. The van der Waals surface area contributed by atoms with Gasteiger partial charge < -0.3 is 15.5 Å². The molecule has 0 saturated heterocycles. The lowest BCUT2D eigenvalue weighted by atomic mass is 10.0. The van der Waals surface area contributed by atoms with E-state index in [1.54, 1.807) is 25.4 Å². The first kappa shape index (κ1) is 20.1. The first-order valence-electron chi connectivity index (χ1n) is 8.93. The first-order chi connectivity index (χ1) is 12.5. The van der Waals surface area contributed by atoms with E-state index in [2.05, 4.69) is 48.0 Å². The summed E-state index contributed by atoms with van der Waals surface area (Å²) in [6.07, 6.45) is 2.21. The molecule has 3 N–H and O–H groups in total. The molecule has 0 aliphatic heterocycles. The zero-order valence-corrected chi connectivity index (χ0v) is 16.5. The van der Waals surface area contributed by atoms with E-state index in [9.17, 15) is 9.59 Å². The summed E-state index contributed by atoms with van der Waals surface area (Å²) in [7, 11) is 3.35. The van der Waals surface area contributed by atoms with Crippen LogP contribution in [0.2, 0.25) is 0 Å². The van der Waals surface area contributed by atoms with Gasteiger partial charge in [-0.15, -0.1) is 11.3 Å². The molecule has 140 valence electrons. The van der Waals surface area contributed by atoms with Crippen molar-refractivity contribution in [2.45, 2.75) is 25.8 Å². The van der Waals surface area contributed by atoms with Crippen molar-refractivity contribution in [2.75, 3.05) is 27.2 Å². The maximum Gasteiger partial charge on any atom is 0.275 e. The van der Waals surface area contributed by atoms with Crippen LogP contribution in [-0.2, 0) is 16.0 Å². The minimum absolute atomic E-state index is 0.0368. The van der Waals surface area contributed by atoms with Crippen LogP contribution in [0.3, 0.4) is 0 Å². The normalized spacial score (nSPS) is 11.8. The summed E-state index contributed by atoms with van der Waals surface area (Å²) in [4.78, 5) is 26.4. The number of carbonyl (C=O) groups is 2. The Morgan fingerprint density at radius 3 is 2.50 bits per heavy atom. The van der Waals surface area contributed by atoms with E-state index in [-0.39, 0.29) is 30.9 Å². The van der Waals surface area contributed by atoms with Gasteiger partial charge in [-0.1, -0.05) is 43.7 Å². The predicted molar refractivity (Wildman–Crippen MR) is 105 cm³/mol. The van der Waals surface area contributed by atoms with E-state index < -0.39 is 0 Å². The Kier molecular flexibility index (Phi) is 7.81. The molecule has 1 aromatic carbocycles. The van der Waals surface area contributed by atoms with Crippen molar-refractivity contribution in [2.24, 2.45) is 0 Å². The molecule has 2 amide bonds. The summed E-state index contributed by atoms with van der Waals surface area (Å²) in [5.41, 5.74) is 2.52. The number of nitrogens with two attached hydrogens (primary N) is 1. The summed E-state index contributed by atoms with van der Waals surface area (Å²) in [5, 5.41) is 6.76. The average molecular weight is 375 g/mol. The molecular formula is C20H28N3O2S+. The number of nitrogens with one attached hydrogen (secondary N) is 1. The summed E-state index contributed by atoms with van der Waals surface area (Å²) >= 11 is 1.69. The Labute approximate surface area is 159 Å². The zero-order valence-electron chi connectivity index (χ0n) is 15.7. The molecule has 1 atom stereocenters. The van der Waals surface area contributed by atoms with Gasteiger partial charge >= 0.3 is 0 Å². The minimum atomic E-state index is -0.135. The Morgan fingerprint density at radius 2 is 1.92 bits per heavy atom. The van der Waals surface area contributed by atoms with Crippen molar-refractivity contribution < 1.29 is 14.9 Å². The average Bonchev–Trinajstić information content (AvgIpc) is 3.15. The summed E-state index contributed by atoms with van der Waals surface area (Å²) in [6, 6.07) is 12.9. The van der Waals surface area contributed by atoms with Gasteiger partial charge in [0, 0.05) is 19.7 Å². The molecule has 6 heteroatoms. The smallest absolute Gasteiger partial charge is 0.275 e. The van der Waals surface area contributed by atoms with Gasteiger partial charge in [-0.2, -0.15) is 0 Å². The van der Waals surface area contributed by atoms with E-state index in [0.29, 0.717) is 0 Å². The van der Waals surface area contributed by atoms with Crippen molar-refractivity contribution in [1.82, 2.24) is 10.2 Å². The van der Waals surface area contributed by atoms with Gasteiger partial charge in [-0.3, -0.25) is 9.59 Å². The van der Waals surface area contributed by atoms with Crippen LogP contribution in [0.15, 0.2) is 41.8 Å². The lowest BCUT2D eigenvalue weighted by Crippen LogP contribution is -2.87. The van der Waals surface area contributed by atoms with Crippen molar-refractivity contribution in [1.29, 1.82) is 0 Å². The first-order valence-corrected chi connectivity index (χ1v) is 9.81. The quantitative estimate of drug-likeness (QED) is 0.700. The lowest BCUT2D eigenvalue weighted by molar-refractivity contribution is -0.676. The largest absolute Gasteiger partial charge is 0.347 e. The van der Waals surface area contributed by atoms with Crippen LogP contribution in [0.25, 0.3) is 0 Å². The van der Waals surface area contributed by atoms with Crippen LogP contribution >= 0.6 is 11.3 Å². The molecule has 26 heavy (non-hydrogen) atoms. The highest BCUT2D eigenvalue weighted by Crippen LogP contribution is 2.23. The highest BCUT2D eigenvalue weighted by atomic mass is 32.1. The zero-order chi connectivity index (χ0) is 18.9. The Bertz CT molecular complexity index is 696. The lowest BCUT2D eigenvalue weighted by Gasteiger charge is -2.16. The second kappa shape index (κ2) is 10.1. The van der Waals surface area contributed by atoms with Crippen molar-refractivity contribution in [3.05, 3.63) is 57.8 Å². The number of hydrogen-bond donors (Lipinski definition) is 2. The van der Waals surface area contributed by atoms with Crippen molar-refractivity contribution in [3.63, 3.8) is 0 Å². The fourth-order valence-electron chi connectivity index (χ4n) is 2.69. The molecule has 0 spiro atoms. The number of thiophene rings is 1. The summed E-state index contributed by atoms with van der Waals surface area (Å²) < 4.78 is 0. The molecule has 0 bridgehead atoms. The third-order valence-electron chi connectivity index (χ3n) is 4.20. The van der Waals surface area contributed by atoms with E-state index in [4.69, 9.17) is 0 Å². The Hall–Kier alpha value is -2.18. The number of quaternary nitrogens is 1. The molecule has 1 aromatic heterocycles. The van der Waals surface area contributed by atoms with Gasteiger partial charge in [0.05, 0.1) is 11.4 Å². The Balaban J connectivity index is 2.00. The molecule has 0 fully saturated rings. The molecule has 5 nitrogen and oxygen atoms in total. The number of benzene rings is 1. The summed E-state index contributed by atoms with van der Waals surface area (Å²) in [5.74, 6) is -0.246. The molecule has 0 radical (unpaired) electrons. The van der Waals surface area contributed by atoms with Gasteiger partial charge in [-0.05, 0) is 23.4 Å². The molecule has 0 saturated carbocycles. The van der Waals surface area contributed by atoms with Gasteiger partial charge in [0.25, 0.3) is 5.91 Å². The van der Waals surface area contributed by atoms with Crippen LogP contribution in [0, 0.1) is 0 Å². The molecule has 0 unspecified atom stereocenters. The number of likely N-dealkylation sites (N-methyl/N-ethyl adjacent to an activating group) is 1. The van der Waals surface area contributed by atoms with E-state index >= 15 is 0 Å². The predicted octanol–water partition coefficient (Wildman–Crippen LogP) is 1.56. The highest BCUT2D eigenvalue weighted by molar-refractivity contribution is 7.10. The van der Waals surface area contributed by atoms with E-state index in [0.717, 1.165) is 12.8 Å². The minimum Gasteiger partial charge on any atom is -0.347 e. The van der Waals surface area contributed by atoms with Crippen molar-refractivity contribution >= 4 is 23.2 Å². The molecule has 1 heterocycles. The monoisotopic (exact) mass is 374 g/mol. The number of amides is 2. The molecule has 2 rings (SSSR count). The van der Waals surface area contributed by atoms with E-state index in [1.165, 1.54) is 20.9 Å². The van der Waals surface area contributed by atoms with Crippen LogP contribution in [0.4, 0.5) is 0 Å². The number of rotatable bonds is 9. The van der Waals surface area contributed by atoms with Crippen LogP contribution in [0.1, 0.15) is 35.4 Å². The van der Waals surface area contributed by atoms with Gasteiger partial charge in [0.2, 0.25) is 5.91 Å². The van der Waals surface area contributed by atoms with Gasteiger partial charge in [0.15, 0.2) is 6.54 Å². The molecule has 2 aromatic rings. The molecule has 0 aliphatic carbocycles. The molecular weight excluding hydrogens is 346 g/mol. The van der Waals surface area contributed by atoms with Crippen molar-refractivity contribution in [3.8, 4) is 0 Å². The Morgan fingerprint density at radius 1 is 1.19 bits per heavy atom. The maximum atomic E-state index is 12.1. The highest BCUT2D eigenvalue weighted by Gasteiger charge is 2.20. The number of carbonyl (C=O) groups excluding carboxylic acids is 2. The van der Waals surface area contributed by atoms with Crippen LogP contribution < -0.4 is 10.6 Å². The third-order valence-corrected chi connectivity index (χ3v) is 5.16. The van der Waals surface area contributed by atoms with Crippen LogP contribution in [0.5, 0.6) is 0 Å². The SMILES string of the molecule is CCCc1ccc([C@H]([NH2+]CC(=O)NCC(=O)N(C)C)c2cccs2)cc1. The second-order valence-electron chi connectivity index (χ2n) is 6.49. The van der Waals surface area contributed by atoms with Gasteiger partial charge in [0.1, 0.15) is 6.04 Å². The summed E-state index contributed by atoms with van der Waals surface area (Å²) in [6.45, 7) is 2.49. The fourth-order valence-corrected chi connectivity index (χ4v) is 3.54. The number of hydrogen-bond acceptors (Lipinski definition) is 3. The third kappa shape index (κ3) is 5.97. The van der Waals surface area contributed by atoms with Crippen LogP contribution in [-0.4, -0.2) is 43.9 Å².